The lowest BCUT2D eigenvalue weighted by atomic mass is 10.1. The van der Waals surface area contributed by atoms with Crippen LogP contribution in [0.15, 0.2) is 82.2 Å². The average Bonchev–Trinajstić information content (AvgIpc) is 3.44. The van der Waals surface area contributed by atoms with Crippen molar-refractivity contribution in [2.45, 2.75) is 70.0 Å². The Morgan fingerprint density at radius 2 is 1.55 bits per heavy atom. The third kappa shape index (κ3) is 7.31. The van der Waals surface area contributed by atoms with E-state index in [0.29, 0.717) is 5.69 Å². The molecular weight excluding hydrogens is 590 g/mol. The molecule has 2 amide bonds. The Bertz CT molecular complexity index is 1440. The quantitative estimate of drug-likeness (QED) is 0.311. The van der Waals surface area contributed by atoms with Crippen molar-refractivity contribution in [3.8, 4) is 0 Å². The Hall–Kier alpha value is -3.17. The van der Waals surface area contributed by atoms with Gasteiger partial charge in [0.05, 0.1) is 10.6 Å². The Morgan fingerprint density at radius 3 is 2.15 bits per heavy atom. The number of benzene rings is 3. The van der Waals surface area contributed by atoms with Crippen LogP contribution in [0.1, 0.15) is 49.3 Å². The van der Waals surface area contributed by atoms with E-state index in [4.69, 9.17) is 0 Å². The van der Waals surface area contributed by atoms with Gasteiger partial charge in [-0.2, -0.15) is 0 Å². The summed E-state index contributed by atoms with van der Waals surface area (Å²) in [4.78, 5) is 28.9. The first-order valence-electron chi connectivity index (χ1n) is 13.5. The summed E-state index contributed by atoms with van der Waals surface area (Å²) in [6, 6.07) is 20.4. The number of carbonyl (C=O) groups excluding carboxylic acids is 2. The molecule has 4 rings (SSSR count). The van der Waals surface area contributed by atoms with Crippen molar-refractivity contribution >= 4 is 43.5 Å². The number of amides is 2. The van der Waals surface area contributed by atoms with Gasteiger partial charge in [0, 0.05) is 17.1 Å². The summed E-state index contributed by atoms with van der Waals surface area (Å²) in [6.07, 6.45) is 3.99. The summed E-state index contributed by atoms with van der Waals surface area (Å²) in [5.41, 5.74) is 3.10. The number of nitrogens with zero attached hydrogens (tertiary/aromatic N) is 2. The first-order valence-corrected chi connectivity index (χ1v) is 15.8. The van der Waals surface area contributed by atoms with Crippen LogP contribution in [0, 0.1) is 13.8 Å². The summed E-state index contributed by atoms with van der Waals surface area (Å²) in [7, 11) is -4.08. The number of rotatable bonds is 10. The SMILES string of the molecule is Cc1ccc(N(CC(=O)N(Cc2cccc(Br)c2)[C@@H](C)C(=O)NC2CCCC2)S(=O)(=O)c2ccc(C)cc2)cc1. The highest BCUT2D eigenvalue weighted by Gasteiger charge is 2.33. The highest BCUT2D eigenvalue weighted by atomic mass is 79.9. The van der Waals surface area contributed by atoms with Gasteiger partial charge in [-0.15, -0.1) is 0 Å². The summed E-state index contributed by atoms with van der Waals surface area (Å²) in [5.74, 6) is -0.705. The first-order chi connectivity index (χ1) is 19.0. The minimum Gasteiger partial charge on any atom is -0.352 e. The van der Waals surface area contributed by atoms with Gasteiger partial charge >= 0.3 is 0 Å². The van der Waals surface area contributed by atoms with Gasteiger partial charge in [0.1, 0.15) is 12.6 Å². The van der Waals surface area contributed by atoms with Crippen LogP contribution in [0.3, 0.4) is 0 Å². The molecule has 1 aliphatic carbocycles. The lowest BCUT2D eigenvalue weighted by Crippen LogP contribution is -2.52. The number of nitrogens with one attached hydrogen (secondary N) is 1. The van der Waals surface area contributed by atoms with Crippen molar-refractivity contribution < 1.29 is 18.0 Å². The smallest absolute Gasteiger partial charge is 0.264 e. The second-order valence-corrected chi connectivity index (χ2v) is 13.3. The van der Waals surface area contributed by atoms with Gasteiger partial charge in [-0.3, -0.25) is 13.9 Å². The van der Waals surface area contributed by atoms with Crippen molar-refractivity contribution in [3.63, 3.8) is 0 Å². The number of hydrogen-bond donors (Lipinski definition) is 1. The molecule has 0 radical (unpaired) electrons. The standard InChI is InChI=1S/C31H36BrN3O4S/c1-22-11-15-28(16-12-22)35(40(38,39)29-17-13-23(2)14-18-29)21-30(36)34(20-25-7-6-8-26(32)19-25)24(3)31(37)33-27-9-4-5-10-27/h6-8,11-19,24,27H,4-5,9-10,20-21H2,1-3H3,(H,33,37)/t24-/m0/s1. The van der Waals surface area contributed by atoms with E-state index >= 15 is 0 Å². The summed E-state index contributed by atoms with van der Waals surface area (Å²) in [5, 5.41) is 3.09. The fourth-order valence-electron chi connectivity index (χ4n) is 4.88. The molecule has 1 N–H and O–H groups in total. The molecule has 3 aromatic rings. The van der Waals surface area contributed by atoms with E-state index in [0.717, 1.165) is 51.2 Å². The van der Waals surface area contributed by atoms with Crippen molar-refractivity contribution in [2.24, 2.45) is 0 Å². The van der Waals surface area contributed by atoms with Gasteiger partial charge in [-0.25, -0.2) is 8.42 Å². The van der Waals surface area contributed by atoms with Gasteiger partial charge in [-0.1, -0.05) is 76.3 Å². The van der Waals surface area contributed by atoms with E-state index < -0.39 is 28.5 Å². The highest BCUT2D eigenvalue weighted by Crippen LogP contribution is 2.26. The number of sulfonamides is 1. The third-order valence-electron chi connectivity index (χ3n) is 7.32. The van der Waals surface area contributed by atoms with E-state index in [9.17, 15) is 18.0 Å². The molecule has 0 saturated heterocycles. The topological polar surface area (TPSA) is 86.8 Å². The third-order valence-corrected chi connectivity index (χ3v) is 9.60. The molecule has 0 heterocycles. The van der Waals surface area contributed by atoms with Crippen LogP contribution in [-0.4, -0.2) is 43.8 Å². The van der Waals surface area contributed by atoms with Gasteiger partial charge in [-0.05, 0) is 75.6 Å². The maximum absolute atomic E-state index is 14.0. The fraction of sp³-hybridized carbons (Fsp3) is 0.355. The number of halogens is 1. The molecule has 0 spiro atoms. The second kappa shape index (κ2) is 13.0. The maximum Gasteiger partial charge on any atom is 0.264 e. The molecule has 1 atom stereocenters. The maximum atomic E-state index is 14.0. The largest absolute Gasteiger partial charge is 0.352 e. The van der Waals surface area contributed by atoms with Crippen LogP contribution in [-0.2, 0) is 26.2 Å². The molecule has 7 nitrogen and oxygen atoms in total. The molecule has 0 unspecified atom stereocenters. The monoisotopic (exact) mass is 625 g/mol. The number of aryl methyl sites for hydroxylation is 2. The molecule has 0 aliphatic heterocycles. The molecule has 1 aliphatic rings. The van der Waals surface area contributed by atoms with E-state index in [1.54, 1.807) is 43.3 Å². The second-order valence-electron chi connectivity index (χ2n) is 10.5. The van der Waals surface area contributed by atoms with Crippen LogP contribution in [0.5, 0.6) is 0 Å². The Balaban J connectivity index is 1.68. The highest BCUT2D eigenvalue weighted by molar-refractivity contribution is 9.10. The Kier molecular flexibility index (Phi) is 9.68. The molecule has 212 valence electrons. The van der Waals surface area contributed by atoms with Crippen LogP contribution in [0.25, 0.3) is 0 Å². The van der Waals surface area contributed by atoms with E-state index in [1.165, 1.54) is 4.90 Å². The molecule has 0 aromatic heterocycles. The minimum atomic E-state index is -4.08. The van der Waals surface area contributed by atoms with E-state index in [-0.39, 0.29) is 23.4 Å². The van der Waals surface area contributed by atoms with Crippen LogP contribution < -0.4 is 9.62 Å². The molecule has 9 heteroatoms. The lowest BCUT2D eigenvalue weighted by molar-refractivity contribution is -0.139. The first kappa shape index (κ1) is 29.8. The molecule has 3 aromatic carbocycles. The van der Waals surface area contributed by atoms with Gasteiger partial charge in [0.2, 0.25) is 11.8 Å². The molecule has 0 bridgehead atoms. The van der Waals surface area contributed by atoms with E-state index in [1.807, 2.05) is 50.2 Å². The zero-order valence-electron chi connectivity index (χ0n) is 23.1. The summed E-state index contributed by atoms with van der Waals surface area (Å²) < 4.78 is 29.8. The zero-order chi connectivity index (χ0) is 28.9. The van der Waals surface area contributed by atoms with E-state index in [2.05, 4.69) is 21.2 Å². The van der Waals surface area contributed by atoms with Crippen molar-refractivity contribution in [1.29, 1.82) is 0 Å². The van der Waals surface area contributed by atoms with Gasteiger partial charge in [0.15, 0.2) is 0 Å². The van der Waals surface area contributed by atoms with Crippen molar-refractivity contribution in [1.82, 2.24) is 10.2 Å². The van der Waals surface area contributed by atoms with Crippen molar-refractivity contribution in [2.75, 3.05) is 10.8 Å². The number of anilines is 1. The molecule has 1 saturated carbocycles. The fourth-order valence-corrected chi connectivity index (χ4v) is 6.74. The normalized spacial score (nSPS) is 14.5. The minimum absolute atomic E-state index is 0.0945. The summed E-state index contributed by atoms with van der Waals surface area (Å²) in [6.45, 7) is 5.20. The average molecular weight is 627 g/mol. The van der Waals surface area contributed by atoms with Crippen molar-refractivity contribution in [3.05, 3.63) is 94.0 Å². The van der Waals surface area contributed by atoms with Crippen LogP contribution in [0.2, 0.25) is 0 Å². The number of carbonyl (C=O) groups is 2. The summed E-state index contributed by atoms with van der Waals surface area (Å²) >= 11 is 3.48. The van der Waals surface area contributed by atoms with Crippen LogP contribution in [0.4, 0.5) is 5.69 Å². The zero-order valence-corrected chi connectivity index (χ0v) is 25.5. The van der Waals surface area contributed by atoms with Crippen LogP contribution >= 0.6 is 15.9 Å². The Morgan fingerprint density at radius 1 is 0.950 bits per heavy atom. The Labute approximate surface area is 245 Å². The van der Waals surface area contributed by atoms with Gasteiger partial charge in [0.25, 0.3) is 10.0 Å². The molecule has 1 fully saturated rings. The molecule has 40 heavy (non-hydrogen) atoms. The number of hydrogen-bond acceptors (Lipinski definition) is 4. The predicted octanol–water partition coefficient (Wildman–Crippen LogP) is 5.74. The van der Waals surface area contributed by atoms with Gasteiger partial charge < -0.3 is 10.2 Å². The predicted molar refractivity (Wildman–Crippen MR) is 161 cm³/mol. The lowest BCUT2D eigenvalue weighted by Gasteiger charge is -2.32. The molecular formula is C31H36BrN3O4S.